The smallest absolute Gasteiger partial charge is 0.337 e. The second-order valence-corrected chi connectivity index (χ2v) is 5.32. The Hall–Kier alpha value is -2.29. The van der Waals surface area contributed by atoms with Crippen LogP contribution in [0.3, 0.4) is 0 Å². The number of fused-ring (bicyclic) bond motifs is 1. The normalized spacial score (nSPS) is 11.8. The van der Waals surface area contributed by atoms with Crippen molar-refractivity contribution < 1.29 is 9.53 Å². The summed E-state index contributed by atoms with van der Waals surface area (Å²) in [5, 5.41) is 3.48. The molecule has 0 radical (unpaired) electrons. The van der Waals surface area contributed by atoms with Gasteiger partial charge in [0.15, 0.2) is 0 Å². The maximum absolute atomic E-state index is 11.4. The van der Waals surface area contributed by atoms with Crippen LogP contribution in [0.2, 0.25) is 0 Å². The topological polar surface area (TPSA) is 38.3 Å². The molecule has 3 nitrogen and oxygen atoms in total. The fraction of sp³-hybridized carbons (Fsp3) is 0.350. The van der Waals surface area contributed by atoms with E-state index in [9.17, 15) is 4.79 Å². The highest BCUT2D eigenvalue weighted by molar-refractivity contribution is 5.89. The van der Waals surface area contributed by atoms with Crippen LogP contribution in [0.1, 0.15) is 40.9 Å². The fourth-order valence-corrected chi connectivity index (χ4v) is 2.82. The number of anilines is 1. The molecule has 23 heavy (non-hydrogen) atoms. The Bertz CT molecular complexity index is 647. The van der Waals surface area contributed by atoms with Crippen LogP contribution in [0, 0.1) is 0 Å². The highest BCUT2D eigenvalue weighted by Gasteiger charge is 2.13. The minimum Gasteiger partial charge on any atom is -0.465 e. The number of methoxy groups -OCH3 is 1. The number of nitrogens with one attached hydrogen (secondary N) is 1. The summed E-state index contributed by atoms with van der Waals surface area (Å²) in [7, 11) is 1.40. The van der Waals surface area contributed by atoms with Gasteiger partial charge in [-0.05, 0) is 48.1 Å². The molecule has 0 aromatic heterocycles. The highest BCUT2D eigenvalue weighted by Crippen LogP contribution is 2.27. The van der Waals surface area contributed by atoms with Crippen LogP contribution < -0.4 is 5.32 Å². The van der Waals surface area contributed by atoms with Crippen molar-refractivity contribution in [2.24, 2.45) is 0 Å². The van der Waals surface area contributed by atoms with E-state index in [4.69, 9.17) is 4.74 Å². The van der Waals surface area contributed by atoms with E-state index in [1.807, 2.05) is 38.1 Å². The quantitative estimate of drug-likeness (QED) is 0.858. The predicted octanol–water partition coefficient (Wildman–Crippen LogP) is 4.25. The number of esters is 1. The van der Waals surface area contributed by atoms with Crippen molar-refractivity contribution in [3.8, 4) is 0 Å². The maximum Gasteiger partial charge on any atom is 0.337 e. The molecule has 1 aliphatic rings. The van der Waals surface area contributed by atoms with Gasteiger partial charge in [-0.1, -0.05) is 44.2 Å². The summed E-state index contributed by atoms with van der Waals surface area (Å²) < 4.78 is 4.71. The Morgan fingerprint density at radius 1 is 1.09 bits per heavy atom. The van der Waals surface area contributed by atoms with Crippen molar-refractivity contribution in [3.05, 3.63) is 64.7 Å². The molecule has 0 saturated carbocycles. The van der Waals surface area contributed by atoms with E-state index in [1.54, 1.807) is 0 Å². The minimum atomic E-state index is -0.286. The second-order valence-electron chi connectivity index (χ2n) is 5.32. The summed E-state index contributed by atoms with van der Waals surface area (Å²) in [4.78, 5) is 11.4. The number of hydrogen-bond acceptors (Lipinski definition) is 3. The molecule has 2 aromatic carbocycles. The van der Waals surface area contributed by atoms with Crippen LogP contribution in [-0.4, -0.2) is 19.6 Å². The molecule has 0 bridgehead atoms. The Morgan fingerprint density at radius 2 is 1.83 bits per heavy atom. The van der Waals surface area contributed by atoms with E-state index in [-0.39, 0.29) is 5.97 Å². The lowest BCUT2D eigenvalue weighted by atomic mass is 10.00. The van der Waals surface area contributed by atoms with Gasteiger partial charge in [-0.2, -0.15) is 0 Å². The molecule has 0 saturated heterocycles. The lowest BCUT2D eigenvalue weighted by Crippen LogP contribution is -2.01. The number of carbonyl (C=O) groups is 1. The zero-order chi connectivity index (χ0) is 16.7. The molecule has 2 aromatic rings. The molecule has 0 unspecified atom stereocenters. The monoisotopic (exact) mass is 311 g/mol. The Balaban J connectivity index is 0.000000924. The first-order valence-corrected chi connectivity index (χ1v) is 8.30. The van der Waals surface area contributed by atoms with Gasteiger partial charge in [-0.3, -0.25) is 0 Å². The third-order valence-electron chi connectivity index (χ3n) is 3.99. The summed E-state index contributed by atoms with van der Waals surface area (Å²) in [6.45, 7) is 5.04. The first-order chi connectivity index (χ1) is 11.3. The first-order valence-electron chi connectivity index (χ1n) is 8.30. The van der Waals surface area contributed by atoms with Gasteiger partial charge in [0.1, 0.15) is 0 Å². The Labute approximate surface area is 138 Å². The number of benzene rings is 2. The van der Waals surface area contributed by atoms with Gasteiger partial charge in [0.05, 0.1) is 12.7 Å². The molecule has 122 valence electrons. The van der Waals surface area contributed by atoms with E-state index in [1.165, 1.54) is 29.5 Å². The van der Waals surface area contributed by atoms with E-state index < -0.39 is 0 Å². The van der Waals surface area contributed by atoms with Gasteiger partial charge in [-0.15, -0.1) is 0 Å². The lowest BCUT2D eigenvalue weighted by molar-refractivity contribution is 0.0600. The molecule has 1 N–H and O–H groups in total. The third-order valence-corrected chi connectivity index (χ3v) is 3.99. The lowest BCUT2D eigenvalue weighted by Gasteiger charge is -2.09. The average Bonchev–Trinajstić information content (AvgIpc) is 3.11. The molecular formula is C20H25NO2. The molecule has 3 heteroatoms. The molecule has 0 fully saturated rings. The van der Waals surface area contributed by atoms with Gasteiger partial charge >= 0.3 is 5.97 Å². The standard InChI is InChI=1S/C18H19NO2.C2H6/c1-21-18(20)16-9-6-13(7-10-16)5-8-14-3-2-4-15-11-12-19-17(14)15;1-2/h2-4,6-7,9-10,19H,5,8,11-12H2,1H3;1-2H3. The third kappa shape index (κ3) is 4.13. The molecule has 3 rings (SSSR count). The number of rotatable bonds is 4. The van der Waals surface area contributed by atoms with Crippen LogP contribution >= 0.6 is 0 Å². The van der Waals surface area contributed by atoms with Crippen molar-refractivity contribution in [1.29, 1.82) is 0 Å². The fourth-order valence-electron chi connectivity index (χ4n) is 2.82. The van der Waals surface area contributed by atoms with Crippen molar-refractivity contribution in [2.45, 2.75) is 33.1 Å². The van der Waals surface area contributed by atoms with Gasteiger partial charge in [-0.25, -0.2) is 4.79 Å². The Kier molecular flexibility index (Phi) is 6.21. The van der Waals surface area contributed by atoms with E-state index in [0.29, 0.717) is 5.56 Å². The largest absolute Gasteiger partial charge is 0.465 e. The van der Waals surface area contributed by atoms with E-state index >= 15 is 0 Å². The van der Waals surface area contributed by atoms with E-state index in [2.05, 4.69) is 23.5 Å². The molecule has 0 spiro atoms. The van der Waals surface area contributed by atoms with Crippen molar-refractivity contribution in [2.75, 3.05) is 19.0 Å². The maximum atomic E-state index is 11.4. The van der Waals surface area contributed by atoms with Gasteiger partial charge in [0.25, 0.3) is 0 Å². The number of para-hydroxylation sites is 1. The highest BCUT2D eigenvalue weighted by atomic mass is 16.5. The molecule has 1 heterocycles. The average molecular weight is 311 g/mol. The number of carbonyl (C=O) groups excluding carboxylic acids is 1. The van der Waals surface area contributed by atoms with Gasteiger partial charge in [0, 0.05) is 12.2 Å². The first kappa shape index (κ1) is 17.1. The minimum absolute atomic E-state index is 0.286. The summed E-state index contributed by atoms with van der Waals surface area (Å²) in [5.41, 5.74) is 5.96. The molecule has 1 aliphatic heterocycles. The van der Waals surface area contributed by atoms with Crippen molar-refractivity contribution >= 4 is 11.7 Å². The van der Waals surface area contributed by atoms with Crippen LogP contribution in [0.25, 0.3) is 0 Å². The number of hydrogen-bond donors (Lipinski definition) is 1. The molecule has 0 amide bonds. The summed E-state index contributed by atoms with van der Waals surface area (Å²) in [6, 6.07) is 14.2. The number of aryl methyl sites for hydroxylation is 2. The second kappa shape index (κ2) is 8.37. The number of ether oxygens (including phenoxy) is 1. The van der Waals surface area contributed by atoms with Crippen molar-refractivity contribution in [3.63, 3.8) is 0 Å². The van der Waals surface area contributed by atoms with Crippen LogP contribution in [-0.2, 0) is 24.0 Å². The van der Waals surface area contributed by atoms with Crippen LogP contribution in [0.5, 0.6) is 0 Å². The summed E-state index contributed by atoms with van der Waals surface area (Å²) in [5.74, 6) is -0.286. The Morgan fingerprint density at radius 3 is 2.52 bits per heavy atom. The molecule has 0 atom stereocenters. The molecular weight excluding hydrogens is 286 g/mol. The summed E-state index contributed by atoms with van der Waals surface area (Å²) in [6.07, 6.45) is 3.10. The van der Waals surface area contributed by atoms with Crippen LogP contribution in [0.4, 0.5) is 5.69 Å². The molecule has 0 aliphatic carbocycles. The van der Waals surface area contributed by atoms with Crippen LogP contribution in [0.15, 0.2) is 42.5 Å². The predicted molar refractivity (Wildman–Crippen MR) is 95.2 cm³/mol. The van der Waals surface area contributed by atoms with Crippen molar-refractivity contribution in [1.82, 2.24) is 0 Å². The SMILES string of the molecule is CC.COC(=O)c1ccc(CCc2cccc3c2NCC3)cc1. The van der Waals surface area contributed by atoms with Gasteiger partial charge < -0.3 is 10.1 Å². The van der Waals surface area contributed by atoms with E-state index in [0.717, 1.165) is 25.8 Å². The summed E-state index contributed by atoms with van der Waals surface area (Å²) >= 11 is 0. The van der Waals surface area contributed by atoms with Gasteiger partial charge in [0.2, 0.25) is 0 Å². The zero-order valence-corrected chi connectivity index (χ0v) is 14.2. The zero-order valence-electron chi connectivity index (χ0n) is 14.2.